The van der Waals surface area contributed by atoms with E-state index in [2.05, 4.69) is 10.3 Å². The highest BCUT2D eigenvalue weighted by Gasteiger charge is 2.30. The first-order valence-electron chi connectivity index (χ1n) is 10.1. The number of hydrogen-bond acceptors (Lipinski definition) is 5. The number of carboxylic acid groups (broad SMARTS) is 1. The summed E-state index contributed by atoms with van der Waals surface area (Å²) in [7, 11) is 1.85. The average molecular weight is 446 g/mol. The third-order valence-corrected chi connectivity index (χ3v) is 6.00. The van der Waals surface area contributed by atoms with Crippen molar-refractivity contribution in [3.8, 4) is 5.69 Å². The summed E-state index contributed by atoms with van der Waals surface area (Å²) in [6, 6.07) is 3.87. The maximum atomic E-state index is 15.0. The number of fused-ring (bicyclic) bond motifs is 1. The number of anilines is 1. The molecule has 2 N–H and O–H groups in total. The highest BCUT2D eigenvalue weighted by molar-refractivity contribution is 5.92. The minimum atomic E-state index is -1.55. The molecule has 10 heteroatoms. The number of carboxylic acids is 1. The van der Waals surface area contributed by atoms with E-state index in [4.69, 9.17) is 0 Å². The van der Waals surface area contributed by atoms with Crippen LogP contribution in [-0.2, 0) is 0 Å². The van der Waals surface area contributed by atoms with Crippen molar-refractivity contribution in [3.63, 3.8) is 0 Å². The first-order chi connectivity index (χ1) is 15.2. The molecule has 1 saturated heterocycles. The van der Waals surface area contributed by atoms with E-state index in [0.29, 0.717) is 19.2 Å². The van der Waals surface area contributed by atoms with Gasteiger partial charge in [0, 0.05) is 31.4 Å². The average Bonchev–Trinajstić information content (AvgIpc) is 3.23. The van der Waals surface area contributed by atoms with E-state index in [0.717, 1.165) is 35.4 Å². The Morgan fingerprint density at radius 1 is 1.25 bits per heavy atom. The summed E-state index contributed by atoms with van der Waals surface area (Å²) in [6.07, 6.45) is 1.73. The van der Waals surface area contributed by atoms with E-state index in [1.54, 1.807) is 4.90 Å². The van der Waals surface area contributed by atoms with Gasteiger partial charge in [0.25, 0.3) is 0 Å². The van der Waals surface area contributed by atoms with Gasteiger partial charge in [0.05, 0.1) is 11.1 Å². The van der Waals surface area contributed by atoms with Gasteiger partial charge in [-0.1, -0.05) is 0 Å². The van der Waals surface area contributed by atoms with Gasteiger partial charge >= 0.3 is 5.97 Å². The van der Waals surface area contributed by atoms with Crippen LogP contribution in [0.2, 0.25) is 0 Å². The molecule has 1 aromatic carbocycles. The van der Waals surface area contributed by atoms with Crippen molar-refractivity contribution in [2.24, 2.45) is 5.92 Å². The normalized spacial score (nSPS) is 17.2. The molecule has 0 amide bonds. The Balaban J connectivity index is 1.94. The number of aromatic carboxylic acids is 1. The second-order valence-corrected chi connectivity index (χ2v) is 7.88. The Hall–Kier alpha value is -3.40. The number of rotatable bonds is 5. The number of nitrogens with zero attached hydrogens (tertiary/aromatic N) is 3. The smallest absolute Gasteiger partial charge is 0.341 e. The second-order valence-electron chi connectivity index (χ2n) is 7.88. The fraction of sp³-hybridized carbons (Fsp3) is 0.318. The molecular weight excluding hydrogens is 425 g/mol. The first kappa shape index (κ1) is 21.8. The van der Waals surface area contributed by atoms with Crippen LogP contribution in [0.5, 0.6) is 0 Å². The lowest BCUT2D eigenvalue weighted by molar-refractivity contribution is 0.0695. The number of aromatic nitrogens is 2. The van der Waals surface area contributed by atoms with Gasteiger partial charge in [0.1, 0.15) is 17.2 Å². The molecule has 4 rings (SSSR count). The lowest BCUT2D eigenvalue weighted by Crippen LogP contribution is -2.33. The molecule has 0 radical (unpaired) electrons. The van der Waals surface area contributed by atoms with E-state index in [1.807, 2.05) is 14.0 Å². The van der Waals surface area contributed by atoms with Crippen molar-refractivity contribution >= 4 is 22.8 Å². The summed E-state index contributed by atoms with van der Waals surface area (Å²) in [4.78, 5) is 30.3. The largest absolute Gasteiger partial charge is 0.477 e. The molecule has 0 aliphatic carbocycles. The van der Waals surface area contributed by atoms with Crippen LogP contribution in [0.1, 0.15) is 23.7 Å². The van der Waals surface area contributed by atoms with E-state index >= 15 is 4.39 Å². The van der Waals surface area contributed by atoms with Gasteiger partial charge in [-0.15, -0.1) is 0 Å². The minimum absolute atomic E-state index is 0.0120. The van der Waals surface area contributed by atoms with Crippen LogP contribution in [-0.4, -0.2) is 46.8 Å². The van der Waals surface area contributed by atoms with Crippen LogP contribution in [0, 0.1) is 23.4 Å². The van der Waals surface area contributed by atoms with Gasteiger partial charge < -0.3 is 15.3 Å². The zero-order valence-corrected chi connectivity index (χ0v) is 17.4. The molecule has 7 nitrogen and oxygen atoms in total. The van der Waals surface area contributed by atoms with Crippen molar-refractivity contribution in [2.75, 3.05) is 25.0 Å². The van der Waals surface area contributed by atoms with Gasteiger partial charge in [-0.2, -0.15) is 0 Å². The number of hydrogen-bond donors (Lipinski definition) is 2. The monoisotopic (exact) mass is 446 g/mol. The summed E-state index contributed by atoms with van der Waals surface area (Å²) in [5, 5.41) is 12.3. The third-order valence-electron chi connectivity index (χ3n) is 6.00. The Kier molecular flexibility index (Phi) is 5.64. The van der Waals surface area contributed by atoms with Crippen molar-refractivity contribution in [1.29, 1.82) is 0 Å². The molecule has 0 spiro atoms. The zero-order valence-electron chi connectivity index (χ0n) is 17.4. The SMILES string of the molecule is CN[C@H](C)[C@@H]1CCN(c2nc3c(cc2F)c(=O)c(C(=O)O)cn3-c2ccc(F)cc2F)C1. The maximum absolute atomic E-state index is 15.0. The Morgan fingerprint density at radius 2 is 2.00 bits per heavy atom. The Bertz CT molecular complexity index is 1280. The molecule has 1 fully saturated rings. The highest BCUT2D eigenvalue weighted by Crippen LogP contribution is 2.29. The topological polar surface area (TPSA) is 87.5 Å². The van der Waals surface area contributed by atoms with E-state index in [-0.39, 0.29) is 34.5 Å². The van der Waals surface area contributed by atoms with Crippen LogP contribution in [0.4, 0.5) is 19.0 Å². The highest BCUT2D eigenvalue weighted by atomic mass is 19.1. The standard InChI is InChI=1S/C22H21F3N4O3/c1-11(26-2)12-5-6-28(9-12)21-17(25)8-14-19(30)15(22(31)32)10-29(20(14)27-21)18-4-3-13(23)7-16(18)24/h3-4,7-8,10-12,26H,5-6,9H2,1-2H3,(H,31,32)/t11-,12-/m1/s1. The van der Waals surface area contributed by atoms with Crippen molar-refractivity contribution in [1.82, 2.24) is 14.9 Å². The summed E-state index contributed by atoms with van der Waals surface area (Å²) in [5.74, 6) is -3.90. The maximum Gasteiger partial charge on any atom is 0.341 e. The summed E-state index contributed by atoms with van der Waals surface area (Å²) < 4.78 is 44.0. The van der Waals surface area contributed by atoms with E-state index in [1.165, 1.54) is 0 Å². The molecule has 168 valence electrons. The van der Waals surface area contributed by atoms with Crippen LogP contribution in [0.25, 0.3) is 16.7 Å². The molecule has 1 aliphatic heterocycles. The van der Waals surface area contributed by atoms with Gasteiger partial charge in [-0.3, -0.25) is 9.36 Å². The van der Waals surface area contributed by atoms with Crippen LogP contribution < -0.4 is 15.6 Å². The Labute approximate surface area is 181 Å². The summed E-state index contributed by atoms with van der Waals surface area (Å²) >= 11 is 0. The molecular formula is C22H21F3N4O3. The quantitative estimate of drug-likeness (QED) is 0.627. The predicted octanol–water partition coefficient (Wildman–Crippen LogP) is 2.94. The van der Waals surface area contributed by atoms with Gasteiger partial charge in [0.2, 0.25) is 5.43 Å². The number of halogens is 3. The van der Waals surface area contributed by atoms with Crippen LogP contribution in [0.3, 0.4) is 0 Å². The molecule has 3 aromatic rings. The Morgan fingerprint density at radius 3 is 2.66 bits per heavy atom. The molecule has 1 aliphatic rings. The van der Waals surface area contributed by atoms with Crippen LogP contribution in [0.15, 0.2) is 35.3 Å². The molecule has 0 unspecified atom stereocenters. The first-order valence-corrected chi connectivity index (χ1v) is 10.1. The number of carbonyl (C=O) groups is 1. The molecule has 0 saturated carbocycles. The molecule has 32 heavy (non-hydrogen) atoms. The lowest BCUT2D eigenvalue weighted by atomic mass is 10.0. The second kappa shape index (κ2) is 8.27. The van der Waals surface area contributed by atoms with Crippen molar-refractivity contribution in [3.05, 3.63) is 63.7 Å². The summed E-state index contributed by atoms with van der Waals surface area (Å²) in [6.45, 7) is 3.09. The summed E-state index contributed by atoms with van der Waals surface area (Å²) in [5.41, 5.74) is -1.95. The minimum Gasteiger partial charge on any atom is -0.477 e. The number of pyridine rings is 2. The number of benzene rings is 1. The fourth-order valence-electron chi connectivity index (χ4n) is 4.07. The lowest BCUT2D eigenvalue weighted by Gasteiger charge is -2.22. The van der Waals surface area contributed by atoms with E-state index < -0.39 is 34.4 Å². The third kappa shape index (κ3) is 3.70. The number of nitrogens with one attached hydrogen (secondary N) is 1. The van der Waals surface area contributed by atoms with Crippen molar-refractivity contribution < 1.29 is 23.1 Å². The van der Waals surface area contributed by atoms with Gasteiger partial charge in [-0.25, -0.2) is 22.9 Å². The molecule has 2 aromatic heterocycles. The van der Waals surface area contributed by atoms with E-state index in [9.17, 15) is 23.5 Å². The molecule has 2 atom stereocenters. The van der Waals surface area contributed by atoms with Crippen LogP contribution >= 0.6 is 0 Å². The molecule has 3 heterocycles. The predicted molar refractivity (Wildman–Crippen MR) is 113 cm³/mol. The molecule has 0 bridgehead atoms. The van der Waals surface area contributed by atoms with Gasteiger partial charge in [0.15, 0.2) is 17.3 Å². The van der Waals surface area contributed by atoms with Gasteiger partial charge in [-0.05, 0) is 44.5 Å². The fourth-order valence-corrected chi connectivity index (χ4v) is 4.07. The van der Waals surface area contributed by atoms with Crippen molar-refractivity contribution in [2.45, 2.75) is 19.4 Å². The zero-order chi connectivity index (χ0) is 23.2.